The maximum absolute atomic E-state index is 13.5. The quantitative estimate of drug-likeness (QED) is 0.460. The van der Waals surface area contributed by atoms with Gasteiger partial charge in [0.1, 0.15) is 11.2 Å². The molecule has 12 heteroatoms. The van der Waals surface area contributed by atoms with Gasteiger partial charge in [0.25, 0.3) is 5.56 Å². The molecule has 2 heterocycles. The highest BCUT2D eigenvalue weighted by Gasteiger charge is 2.25. The van der Waals surface area contributed by atoms with Crippen molar-refractivity contribution in [2.45, 2.75) is 38.3 Å². The van der Waals surface area contributed by atoms with Crippen LogP contribution in [-0.4, -0.2) is 52.3 Å². The minimum absolute atomic E-state index is 0.0368. The van der Waals surface area contributed by atoms with Gasteiger partial charge in [0.15, 0.2) is 0 Å². The number of nitrogens with zero attached hydrogens (tertiary/aromatic N) is 2. The number of carboxylic acids is 1. The summed E-state index contributed by atoms with van der Waals surface area (Å²) in [4.78, 5) is 34.1. The molecule has 3 rings (SSSR count). The first-order chi connectivity index (χ1) is 15.4. The zero-order valence-electron chi connectivity index (χ0n) is 17.1. The van der Waals surface area contributed by atoms with E-state index in [1.54, 1.807) is 12.1 Å². The Hall–Kier alpha value is -2.43. The Bertz CT molecular complexity index is 1040. The maximum Gasteiger partial charge on any atom is 0.446 e. The van der Waals surface area contributed by atoms with Crippen molar-refractivity contribution < 1.29 is 32.3 Å². The van der Waals surface area contributed by atoms with Gasteiger partial charge in [0, 0.05) is 26.2 Å². The number of aromatic carboxylic acids is 1. The average molecular weight is 511 g/mol. The molecule has 2 aromatic rings. The standard InChI is InChI=1S/C19H19Cl2FN2O3.C2HF3O/c20-15-9-16(21)18(25)24(17(15)11-23-7-6-14(22)10-23)8-5-12-1-3-13(4-2-12)19(26)27;3-2(4,5)1-6/h1-4,9,14H,5-8,10-11H2,(H,26,27);1H/t14-;/m1./s1. The largest absolute Gasteiger partial charge is 0.478 e. The van der Waals surface area contributed by atoms with Gasteiger partial charge < -0.3 is 9.67 Å². The van der Waals surface area contributed by atoms with Crippen LogP contribution in [0.15, 0.2) is 35.1 Å². The number of carboxylic acid groups (broad SMARTS) is 1. The first kappa shape index (κ1) is 26.8. The monoisotopic (exact) mass is 510 g/mol. The number of benzene rings is 1. The zero-order chi connectivity index (χ0) is 24.8. The van der Waals surface area contributed by atoms with Crippen LogP contribution in [0.2, 0.25) is 10.0 Å². The van der Waals surface area contributed by atoms with Crippen LogP contribution in [0.3, 0.4) is 0 Å². The Morgan fingerprint density at radius 1 is 1.18 bits per heavy atom. The lowest BCUT2D eigenvalue weighted by Crippen LogP contribution is -2.30. The van der Waals surface area contributed by atoms with Crippen LogP contribution in [0.4, 0.5) is 17.6 Å². The normalized spacial score (nSPS) is 16.2. The van der Waals surface area contributed by atoms with Crippen molar-refractivity contribution in [3.05, 3.63) is 67.6 Å². The summed E-state index contributed by atoms with van der Waals surface area (Å²) in [7, 11) is 0. The van der Waals surface area contributed by atoms with Crippen molar-refractivity contribution in [2.75, 3.05) is 13.1 Å². The molecule has 1 aliphatic rings. The highest BCUT2D eigenvalue weighted by molar-refractivity contribution is 6.34. The van der Waals surface area contributed by atoms with E-state index < -0.39 is 24.6 Å². The Morgan fingerprint density at radius 2 is 1.79 bits per heavy atom. The molecule has 0 amide bonds. The van der Waals surface area contributed by atoms with Gasteiger partial charge in [0.2, 0.25) is 6.29 Å². The Morgan fingerprint density at radius 3 is 2.27 bits per heavy atom. The van der Waals surface area contributed by atoms with E-state index >= 15 is 0 Å². The van der Waals surface area contributed by atoms with Crippen LogP contribution < -0.4 is 5.56 Å². The molecule has 1 aliphatic heterocycles. The highest BCUT2D eigenvalue weighted by Crippen LogP contribution is 2.23. The maximum atomic E-state index is 13.5. The van der Waals surface area contributed by atoms with Crippen LogP contribution >= 0.6 is 23.2 Å². The molecule has 180 valence electrons. The van der Waals surface area contributed by atoms with E-state index in [4.69, 9.17) is 33.1 Å². The van der Waals surface area contributed by atoms with E-state index in [-0.39, 0.29) is 16.1 Å². The van der Waals surface area contributed by atoms with E-state index in [1.165, 1.54) is 22.8 Å². The summed E-state index contributed by atoms with van der Waals surface area (Å²) in [6.07, 6.45) is -5.57. The summed E-state index contributed by atoms with van der Waals surface area (Å²) in [5.74, 6) is -0.988. The van der Waals surface area contributed by atoms with Crippen molar-refractivity contribution in [1.82, 2.24) is 9.47 Å². The number of halogens is 6. The third-order valence-electron chi connectivity index (χ3n) is 4.85. The van der Waals surface area contributed by atoms with E-state index in [0.29, 0.717) is 49.7 Å². The molecule has 1 atom stereocenters. The number of carbonyl (C=O) groups is 2. The van der Waals surface area contributed by atoms with Crippen molar-refractivity contribution in [2.24, 2.45) is 0 Å². The molecule has 0 saturated carbocycles. The summed E-state index contributed by atoms with van der Waals surface area (Å²) in [5.41, 5.74) is 1.37. The number of aromatic nitrogens is 1. The molecule has 0 bridgehead atoms. The Balaban J connectivity index is 0.000000569. The van der Waals surface area contributed by atoms with Gasteiger partial charge in [-0.3, -0.25) is 14.5 Å². The minimum atomic E-state index is -4.64. The SMILES string of the molecule is O=C(O)c1ccc(CCn2c(CN3CC[C@@H](F)C3)c(Cl)cc(Cl)c2=O)cc1.O=CC(F)(F)F. The molecule has 1 aromatic heterocycles. The summed E-state index contributed by atoms with van der Waals surface area (Å²) in [5, 5.41) is 9.38. The third kappa shape index (κ3) is 8.13. The van der Waals surface area contributed by atoms with E-state index in [0.717, 1.165) is 5.56 Å². The second-order valence-corrected chi connectivity index (χ2v) is 8.09. The number of rotatable bonds is 6. The number of aldehydes is 1. The number of hydrogen-bond acceptors (Lipinski definition) is 4. The Kier molecular flexibility index (Phi) is 9.45. The van der Waals surface area contributed by atoms with Gasteiger partial charge in [-0.2, -0.15) is 13.2 Å². The number of carbonyl (C=O) groups excluding carboxylic acids is 1. The third-order valence-corrected chi connectivity index (χ3v) is 5.45. The first-order valence-corrected chi connectivity index (χ1v) is 10.5. The Labute approximate surface area is 196 Å². The second kappa shape index (κ2) is 11.6. The van der Waals surface area contributed by atoms with Gasteiger partial charge in [-0.05, 0) is 36.6 Å². The number of alkyl halides is 4. The molecular weight excluding hydrogens is 491 g/mol. The zero-order valence-corrected chi connectivity index (χ0v) is 18.6. The van der Waals surface area contributed by atoms with Crippen LogP contribution in [-0.2, 0) is 24.3 Å². The number of pyridine rings is 1. The number of aryl methyl sites for hydroxylation is 1. The van der Waals surface area contributed by atoms with Gasteiger partial charge in [-0.1, -0.05) is 35.3 Å². The smallest absolute Gasteiger partial charge is 0.446 e. The molecule has 1 N–H and O–H groups in total. The molecule has 0 spiro atoms. The van der Waals surface area contributed by atoms with Gasteiger partial charge in [0.05, 0.1) is 16.3 Å². The van der Waals surface area contributed by atoms with Crippen molar-refractivity contribution in [3.63, 3.8) is 0 Å². The summed E-state index contributed by atoms with van der Waals surface area (Å²) in [6.45, 7) is 1.66. The van der Waals surface area contributed by atoms with Crippen molar-refractivity contribution in [3.8, 4) is 0 Å². The first-order valence-electron chi connectivity index (χ1n) is 9.70. The molecule has 1 aromatic carbocycles. The molecule has 33 heavy (non-hydrogen) atoms. The lowest BCUT2D eigenvalue weighted by molar-refractivity contribution is -0.156. The topological polar surface area (TPSA) is 79.6 Å². The van der Waals surface area contributed by atoms with Gasteiger partial charge in [-0.25, -0.2) is 9.18 Å². The molecule has 1 fully saturated rings. The fourth-order valence-corrected chi connectivity index (χ4v) is 3.77. The molecular formula is C21H20Cl2F4N2O4. The summed E-state index contributed by atoms with van der Waals surface area (Å²) in [6, 6.07) is 7.92. The van der Waals surface area contributed by atoms with E-state index in [9.17, 15) is 27.2 Å². The average Bonchev–Trinajstić information content (AvgIpc) is 3.16. The lowest BCUT2D eigenvalue weighted by Gasteiger charge is -2.20. The predicted molar refractivity (Wildman–Crippen MR) is 115 cm³/mol. The lowest BCUT2D eigenvalue weighted by atomic mass is 10.1. The van der Waals surface area contributed by atoms with E-state index in [2.05, 4.69) is 0 Å². The van der Waals surface area contributed by atoms with Gasteiger partial charge in [-0.15, -0.1) is 0 Å². The number of likely N-dealkylation sites (tertiary alicyclic amines) is 1. The summed E-state index contributed by atoms with van der Waals surface area (Å²) >= 11 is 12.3. The van der Waals surface area contributed by atoms with Crippen LogP contribution in [0.5, 0.6) is 0 Å². The molecule has 1 saturated heterocycles. The van der Waals surface area contributed by atoms with Crippen LogP contribution in [0.1, 0.15) is 28.0 Å². The molecule has 0 unspecified atom stereocenters. The van der Waals surface area contributed by atoms with Crippen LogP contribution in [0, 0.1) is 0 Å². The summed E-state index contributed by atoms with van der Waals surface area (Å²) < 4.78 is 46.3. The minimum Gasteiger partial charge on any atom is -0.478 e. The van der Waals surface area contributed by atoms with Crippen molar-refractivity contribution in [1.29, 1.82) is 0 Å². The van der Waals surface area contributed by atoms with Gasteiger partial charge >= 0.3 is 12.1 Å². The fraction of sp³-hybridized carbons (Fsp3) is 0.381. The van der Waals surface area contributed by atoms with E-state index in [1.807, 2.05) is 4.90 Å². The van der Waals surface area contributed by atoms with Crippen LogP contribution in [0.25, 0.3) is 0 Å². The second-order valence-electron chi connectivity index (χ2n) is 7.28. The highest BCUT2D eigenvalue weighted by atomic mass is 35.5. The molecule has 0 radical (unpaired) electrons. The fourth-order valence-electron chi connectivity index (χ4n) is 3.23. The molecule has 0 aliphatic carbocycles. The predicted octanol–water partition coefficient (Wildman–Crippen LogP) is 4.39. The van der Waals surface area contributed by atoms with Crippen molar-refractivity contribution >= 4 is 35.5 Å². The molecule has 6 nitrogen and oxygen atoms in total. The number of hydrogen-bond donors (Lipinski definition) is 1.